The highest BCUT2D eigenvalue weighted by atomic mass is 15.1. The normalized spacial score (nSPS) is 22.1. The number of rotatable bonds is 1. The average Bonchev–Trinajstić information content (AvgIpc) is 2.33. The highest BCUT2D eigenvalue weighted by Crippen LogP contribution is 2.41. The van der Waals surface area contributed by atoms with Crippen molar-refractivity contribution in [2.75, 3.05) is 0 Å². The van der Waals surface area contributed by atoms with Crippen LogP contribution in [0.5, 0.6) is 0 Å². The first-order chi connectivity index (χ1) is 4.81. The number of aromatic nitrogens is 2. The van der Waals surface area contributed by atoms with Crippen LogP contribution in [-0.2, 0) is 5.41 Å². The summed E-state index contributed by atoms with van der Waals surface area (Å²) in [4.78, 5) is 0. The van der Waals surface area contributed by atoms with Crippen molar-refractivity contribution in [3.63, 3.8) is 0 Å². The van der Waals surface area contributed by atoms with Crippen LogP contribution >= 0.6 is 0 Å². The number of hydrogen-bond donors (Lipinski definition) is 1. The molecule has 0 bridgehead atoms. The molecule has 1 aliphatic rings. The van der Waals surface area contributed by atoms with Crippen molar-refractivity contribution in [2.24, 2.45) is 0 Å². The van der Waals surface area contributed by atoms with Crippen LogP contribution in [0.4, 0.5) is 0 Å². The minimum Gasteiger partial charge on any atom is -0.276 e. The van der Waals surface area contributed by atoms with E-state index in [4.69, 9.17) is 0 Å². The molecule has 0 atom stereocenters. The molecule has 1 fully saturated rings. The Bertz CT molecular complexity index is 209. The fourth-order valence-electron chi connectivity index (χ4n) is 1.50. The van der Waals surface area contributed by atoms with E-state index in [2.05, 4.69) is 23.3 Å². The summed E-state index contributed by atoms with van der Waals surface area (Å²) in [5.41, 5.74) is 1.55. The average molecular weight is 135 g/mol. The lowest BCUT2D eigenvalue weighted by Crippen LogP contribution is -2.30. The monoisotopic (exact) mass is 135 g/mol. The zero-order valence-corrected chi connectivity index (χ0v) is 6.15. The molecule has 1 heterocycles. The molecule has 0 spiro atoms. The number of nitrogens with zero attached hydrogens (tertiary/aromatic N) is 1. The molecule has 0 saturated heterocycles. The Hall–Kier alpha value is -0.790. The summed E-state index contributed by atoms with van der Waals surface area (Å²) in [6, 6.07) is 1.96. The Kier molecular flexibility index (Phi) is 1.10. The van der Waals surface area contributed by atoms with E-state index >= 15 is 0 Å². The van der Waals surface area contributed by atoms with Crippen LogP contribution < -0.4 is 0 Å². The SMILES string of the molecule is CC1(c2c[c][nH]n2)CCC1. The maximum atomic E-state index is 4.13. The molecular formula is C8H11N2. The molecule has 0 unspecified atom stereocenters. The molecule has 1 aliphatic carbocycles. The third-order valence-corrected chi connectivity index (χ3v) is 2.53. The predicted octanol–water partition coefficient (Wildman–Crippen LogP) is 1.65. The zero-order chi connectivity index (χ0) is 7.03. The van der Waals surface area contributed by atoms with Gasteiger partial charge >= 0.3 is 0 Å². The predicted molar refractivity (Wildman–Crippen MR) is 38.6 cm³/mol. The van der Waals surface area contributed by atoms with Crippen LogP contribution in [0.2, 0.25) is 0 Å². The van der Waals surface area contributed by atoms with Gasteiger partial charge in [-0.05, 0) is 18.9 Å². The molecule has 0 amide bonds. The molecule has 1 radical (unpaired) electrons. The van der Waals surface area contributed by atoms with Crippen LogP contribution in [0.3, 0.4) is 0 Å². The van der Waals surface area contributed by atoms with Crippen molar-refractivity contribution in [3.05, 3.63) is 18.0 Å². The van der Waals surface area contributed by atoms with Crippen molar-refractivity contribution in [1.82, 2.24) is 10.2 Å². The maximum absolute atomic E-state index is 4.13. The maximum Gasteiger partial charge on any atom is 0.0831 e. The van der Waals surface area contributed by atoms with Crippen LogP contribution in [-0.4, -0.2) is 10.2 Å². The van der Waals surface area contributed by atoms with Crippen molar-refractivity contribution in [3.8, 4) is 0 Å². The van der Waals surface area contributed by atoms with Gasteiger partial charge in [-0.1, -0.05) is 13.3 Å². The van der Waals surface area contributed by atoms with E-state index in [9.17, 15) is 0 Å². The van der Waals surface area contributed by atoms with Crippen LogP contribution in [0.1, 0.15) is 31.9 Å². The van der Waals surface area contributed by atoms with Gasteiger partial charge < -0.3 is 0 Å². The van der Waals surface area contributed by atoms with Gasteiger partial charge in [-0.25, -0.2) is 0 Å². The van der Waals surface area contributed by atoms with E-state index in [-0.39, 0.29) is 0 Å². The topological polar surface area (TPSA) is 28.7 Å². The summed E-state index contributed by atoms with van der Waals surface area (Å²) in [5.74, 6) is 0. The number of nitrogens with one attached hydrogen (secondary N) is 1. The first-order valence-corrected chi connectivity index (χ1v) is 3.73. The molecule has 2 nitrogen and oxygen atoms in total. The summed E-state index contributed by atoms with van der Waals surface area (Å²) in [7, 11) is 0. The molecule has 1 aromatic heterocycles. The molecule has 53 valence electrons. The second-order valence-corrected chi connectivity index (χ2v) is 3.31. The smallest absolute Gasteiger partial charge is 0.0831 e. The Balaban J connectivity index is 2.27. The third-order valence-electron chi connectivity index (χ3n) is 2.53. The van der Waals surface area contributed by atoms with Crippen molar-refractivity contribution in [1.29, 1.82) is 0 Å². The van der Waals surface area contributed by atoms with Gasteiger partial charge in [-0.2, -0.15) is 5.10 Å². The lowest BCUT2D eigenvalue weighted by atomic mass is 9.68. The van der Waals surface area contributed by atoms with Crippen LogP contribution in [0.25, 0.3) is 0 Å². The molecule has 1 saturated carbocycles. The largest absolute Gasteiger partial charge is 0.276 e. The summed E-state index contributed by atoms with van der Waals surface area (Å²) in [6.07, 6.45) is 6.79. The standard InChI is InChI=1S/C8H11N2/c1-8(4-2-5-8)7-3-6-9-10-7/h3H,2,4-5H2,1H3,(H,9,10). The fourth-order valence-corrected chi connectivity index (χ4v) is 1.50. The van der Waals surface area contributed by atoms with Crippen molar-refractivity contribution in [2.45, 2.75) is 31.6 Å². The van der Waals surface area contributed by atoms with E-state index in [1.807, 2.05) is 6.07 Å². The number of hydrogen-bond acceptors (Lipinski definition) is 1. The van der Waals surface area contributed by atoms with Crippen molar-refractivity contribution >= 4 is 0 Å². The van der Waals surface area contributed by atoms with Gasteiger partial charge in [0.25, 0.3) is 0 Å². The number of aromatic amines is 1. The zero-order valence-electron chi connectivity index (χ0n) is 6.15. The van der Waals surface area contributed by atoms with Gasteiger partial charge in [0.05, 0.1) is 11.9 Å². The third kappa shape index (κ3) is 0.681. The van der Waals surface area contributed by atoms with E-state index in [1.165, 1.54) is 25.0 Å². The Morgan fingerprint density at radius 2 is 2.50 bits per heavy atom. The summed E-state index contributed by atoms with van der Waals surface area (Å²) in [5, 5.41) is 6.86. The van der Waals surface area contributed by atoms with Crippen LogP contribution in [0.15, 0.2) is 6.07 Å². The first kappa shape index (κ1) is 5.96. The molecule has 1 N–H and O–H groups in total. The summed E-state index contributed by atoms with van der Waals surface area (Å²) < 4.78 is 0. The molecule has 0 aliphatic heterocycles. The van der Waals surface area contributed by atoms with E-state index in [0.717, 1.165) is 0 Å². The van der Waals surface area contributed by atoms with Gasteiger partial charge in [-0.3, -0.25) is 5.10 Å². The van der Waals surface area contributed by atoms with Crippen LogP contribution in [0, 0.1) is 6.20 Å². The molecular weight excluding hydrogens is 124 g/mol. The molecule has 10 heavy (non-hydrogen) atoms. The van der Waals surface area contributed by atoms with Gasteiger partial charge in [0.15, 0.2) is 0 Å². The number of H-pyrrole nitrogens is 1. The Morgan fingerprint density at radius 1 is 1.70 bits per heavy atom. The van der Waals surface area contributed by atoms with Gasteiger partial charge in [0.2, 0.25) is 0 Å². The highest BCUT2D eigenvalue weighted by Gasteiger charge is 2.35. The lowest BCUT2D eigenvalue weighted by molar-refractivity contribution is 0.264. The minimum atomic E-state index is 0.372. The molecule has 2 heteroatoms. The fraction of sp³-hybridized carbons (Fsp3) is 0.625. The highest BCUT2D eigenvalue weighted by molar-refractivity contribution is 5.16. The van der Waals surface area contributed by atoms with E-state index < -0.39 is 0 Å². The van der Waals surface area contributed by atoms with Crippen molar-refractivity contribution < 1.29 is 0 Å². The van der Waals surface area contributed by atoms with E-state index in [0.29, 0.717) is 5.41 Å². The molecule has 1 aromatic rings. The lowest BCUT2D eigenvalue weighted by Gasteiger charge is -2.36. The quantitative estimate of drug-likeness (QED) is 0.623. The Morgan fingerprint density at radius 3 is 2.90 bits per heavy atom. The van der Waals surface area contributed by atoms with Gasteiger partial charge in [0, 0.05) is 5.41 Å². The second kappa shape index (κ2) is 1.84. The summed E-state index contributed by atoms with van der Waals surface area (Å²) >= 11 is 0. The minimum absolute atomic E-state index is 0.372. The molecule has 0 aromatic carbocycles. The van der Waals surface area contributed by atoms with Gasteiger partial charge in [-0.15, -0.1) is 0 Å². The first-order valence-electron chi connectivity index (χ1n) is 3.73. The van der Waals surface area contributed by atoms with E-state index in [1.54, 1.807) is 0 Å². The Labute approximate surface area is 60.6 Å². The summed E-state index contributed by atoms with van der Waals surface area (Å²) in [6.45, 7) is 2.26. The molecule has 2 rings (SSSR count). The second-order valence-electron chi connectivity index (χ2n) is 3.31. The van der Waals surface area contributed by atoms with Gasteiger partial charge in [0.1, 0.15) is 0 Å².